The third-order valence-electron chi connectivity index (χ3n) is 3.59. The van der Waals surface area contributed by atoms with Crippen molar-refractivity contribution in [1.82, 2.24) is 24.7 Å². The molecule has 0 saturated heterocycles. The van der Waals surface area contributed by atoms with Crippen LogP contribution in [0.3, 0.4) is 0 Å². The van der Waals surface area contributed by atoms with Crippen LogP contribution in [0, 0.1) is 0 Å². The predicted molar refractivity (Wildman–Crippen MR) is 104 cm³/mol. The van der Waals surface area contributed by atoms with E-state index in [1.807, 2.05) is 20.8 Å². The molecule has 3 aromatic heterocycles. The van der Waals surface area contributed by atoms with Gasteiger partial charge in [-0.1, -0.05) is 23.2 Å². The third-order valence-corrected chi connectivity index (χ3v) is 4.09. The fraction of sp³-hybridized carbons (Fsp3) is 0.375. The standard InChI is InChI=1S/C16H19Cl2N7O/c1-16(2,3)25-13-10(8-22-25)14(26)24-15(23-13)20-5-4-19-12-11(18)6-9(17)7-21-12/h6-8H,4-5H2,1-3H3,(H,19,21)(H2,20,23,24,26). The lowest BCUT2D eigenvalue weighted by Crippen LogP contribution is -2.24. The smallest absolute Gasteiger partial charge is 0.263 e. The van der Waals surface area contributed by atoms with Gasteiger partial charge in [0.25, 0.3) is 5.56 Å². The van der Waals surface area contributed by atoms with Crippen LogP contribution in [0.25, 0.3) is 11.0 Å². The molecule has 3 aromatic rings. The number of pyridine rings is 1. The number of H-pyrrole nitrogens is 1. The highest BCUT2D eigenvalue weighted by molar-refractivity contribution is 6.35. The Labute approximate surface area is 159 Å². The summed E-state index contributed by atoms with van der Waals surface area (Å²) in [7, 11) is 0. The molecule has 0 bridgehead atoms. The van der Waals surface area contributed by atoms with Crippen molar-refractivity contribution in [2.75, 3.05) is 23.7 Å². The minimum atomic E-state index is -0.279. The number of nitrogens with one attached hydrogen (secondary N) is 3. The zero-order valence-electron chi connectivity index (χ0n) is 14.6. The minimum Gasteiger partial charge on any atom is -0.367 e. The van der Waals surface area contributed by atoms with Gasteiger partial charge in [0.05, 0.1) is 21.8 Å². The molecule has 0 aliphatic heterocycles. The topological polar surface area (TPSA) is 101 Å². The van der Waals surface area contributed by atoms with Crippen molar-refractivity contribution >= 4 is 46.0 Å². The van der Waals surface area contributed by atoms with Gasteiger partial charge in [0.15, 0.2) is 5.65 Å². The van der Waals surface area contributed by atoms with E-state index in [0.717, 1.165) is 0 Å². The molecule has 0 aliphatic rings. The van der Waals surface area contributed by atoms with Crippen molar-refractivity contribution in [1.29, 1.82) is 0 Å². The van der Waals surface area contributed by atoms with Gasteiger partial charge in [0.2, 0.25) is 5.95 Å². The van der Waals surface area contributed by atoms with Crippen LogP contribution in [0.4, 0.5) is 11.8 Å². The fourth-order valence-electron chi connectivity index (χ4n) is 2.40. The van der Waals surface area contributed by atoms with Gasteiger partial charge in [-0.05, 0) is 26.8 Å². The number of aromatic amines is 1. The normalized spacial score (nSPS) is 11.7. The highest BCUT2D eigenvalue weighted by Gasteiger charge is 2.19. The number of aromatic nitrogens is 5. The first-order chi connectivity index (χ1) is 12.3. The molecule has 10 heteroatoms. The van der Waals surface area contributed by atoms with Crippen molar-refractivity contribution in [3.63, 3.8) is 0 Å². The number of rotatable bonds is 5. The Bertz CT molecular complexity index is 990. The highest BCUT2D eigenvalue weighted by Crippen LogP contribution is 2.22. The summed E-state index contributed by atoms with van der Waals surface area (Å²) in [5, 5.41) is 11.8. The lowest BCUT2D eigenvalue weighted by Gasteiger charge is -2.19. The van der Waals surface area contributed by atoms with Crippen molar-refractivity contribution in [2.24, 2.45) is 0 Å². The average molecular weight is 396 g/mol. The monoisotopic (exact) mass is 395 g/mol. The molecule has 138 valence electrons. The van der Waals surface area contributed by atoms with E-state index >= 15 is 0 Å². The SMILES string of the molecule is CC(C)(C)n1ncc2c(=O)[nH]c(NCCNc3ncc(Cl)cc3Cl)nc21. The molecule has 0 fully saturated rings. The molecule has 0 aliphatic carbocycles. The molecule has 0 saturated carbocycles. The van der Waals surface area contributed by atoms with E-state index < -0.39 is 0 Å². The van der Waals surface area contributed by atoms with Crippen LogP contribution >= 0.6 is 23.2 Å². The first-order valence-electron chi connectivity index (χ1n) is 8.03. The van der Waals surface area contributed by atoms with Crippen molar-refractivity contribution in [3.05, 3.63) is 38.9 Å². The molecule has 0 atom stereocenters. The number of hydrogen-bond acceptors (Lipinski definition) is 6. The van der Waals surface area contributed by atoms with E-state index in [4.69, 9.17) is 23.2 Å². The van der Waals surface area contributed by atoms with E-state index in [1.165, 1.54) is 12.4 Å². The summed E-state index contributed by atoms with van der Waals surface area (Å²) in [6.45, 7) is 7.03. The molecule has 0 spiro atoms. The lowest BCUT2D eigenvalue weighted by atomic mass is 10.1. The van der Waals surface area contributed by atoms with Crippen LogP contribution < -0.4 is 16.2 Å². The predicted octanol–water partition coefficient (Wildman–Crippen LogP) is 3.10. The van der Waals surface area contributed by atoms with Crippen LogP contribution in [0.2, 0.25) is 10.0 Å². The second kappa shape index (κ2) is 7.13. The van der Waals surface area contributed by atoms with Gasteiger partial charge < -0.3 is 10.6 Å². The summed E-state index contributed by atoms with van der Waals surface area (Å²) in [5.74, 6) is 0.922. The summed E-state index contributed by atoms with van der Waals surface area (Å²) >= 11 is 11.9. The van der Waals surface area contributed by atoms with Gasteiger partial charge in [-0.15, -0.1) is 0 Å². The molecule has 0 aromatic carbocycles. The van der Waals surface area contributed by atoms with Crippen LogP contribution in [0.15, 0.2) is 23.3 Å². The van der Waals surface area contributed by atoms with E-state index in [9.17, 15) is 4.79 Å². The lowest BCUT2D eigenvalue weighted by molar-refractivity contribution is 0.366. The quantitative estimate of drug-likeness (QED) is 0.573. The van der Waals surface area contributed by atoms with Crippen molar-refractivity contribution in [2.45, 2.75) is 26.3 Å². The molecule has 3 N–H and O–H groups in total. The number of hydrogen-bond donors (Lipinski definition) is 3. The maximum absolute atomic E-state index is 12.2. The Morgan fingerprint density at radius 1 is 1.19 bits per heavy atom. The van der Waals surface area contributed by atoms with Crippen LogP contribution in [-0.4, -0.2) is 37.8 Å². The Morgan fingerprint density at radius 3 is 2.62 bits per heavy atom. The molecule has 3 rings (SSSR count). The molecule has 0 radical (unpaired) electrons. The number of fused-ring (bicyclic) bond motifs is 1. The van der Waals surface area contributed by atoms with E-state index in [-0.39, 0.29) is 11.1 Å². The molecule has 26 heavy (non-hydrogen) atoms. The van der Waals surface area contributed by atoms with Gasteiger partial charge in [-0.2, -0.15) is 10.1 Å². The van der Waals surface area contributed by atoms with E-state index in [0.29, 0.717) is 45.9 Å². The van der Waals surface area contributed by atoms with Gasteiger partial charge in [-0.3, -0.25) is 9.78 Å². The Morgan fingerprint density at radius 2 is 1.92 bits per heavy atom. The zero-order chi connectivity index (χ0) is 18.9. The first kappa shape index (κ1) is 18.5. The Balaban J connectivity index is 1.70. The molecular formula is C16H19Cl2N7O. The molecule has 0 unspecified atom stereocenters. The zero-order valence-corrected chi connectivity index (χ0v) is 16.1. The molecule has 8 nitrogen and oxygen atoms in total. The maximum atomic E-state index is 12.2. The second-order valence-electron chi connectivity index (χ2n) is 6.72. The van der Waals surface area contributed by atoms with Crippen molar-refractivity contribution < 1.29 is 0 Å². The molecular weight excluding hydrogens is 377 g/mol. The van der Waals surface area contributed by atoms with Gasteiger partial charge in [0.1, 0.15) is 11.2 Å². The molecule has 3 heterocycles. The minimum absolute atomic E-state index is 0.233. The second-order valence-corrected chi connectivity index (χ2v) is 7.56. The summed E-state index contributed by atoms with van der Waals surface area (Å²) < 4.78 is 1.73. The highest BCUT2D eigenvalue weighted by atomic mass is 35.5. The fourth-order valence-corrected chi connectivity index (χ4v) is 2.85. The van der Waals surface area contributed by atoms with Gasteiger partial charge >= 0.3 is 0 Å². The maximum Gasteiger partial charge on any atom is 0.263 e. The van der Waals surface area contributed by atoms with E-state index in [2.05, 4.69) is 30.7 Å². The summed E-state index contributed by atoms with van der Waals surface area (Å²) in [5.41, 5.74) is 0.0285. The summed E-state index contributed by atoms with van der Waals surface area (Å²) in [4.78, 5) is 23.5. The summed E-state index contributed by atoms with van der Waals surface area (Å²) in [6.07, 6.45) is 3.05. The third kappa shape index (κ3) is 3.91. The van der Waals surface area contributed by atoms with Crippen LogP contribution in [0.1, 0.15) is 20.8 Å². The largest absolute Gasteiger partial charge is 0.367 e. The van der Waals surface area contributed by atoms with Crippen LogP contribution in [0.5, 0.6) is 0 Å². The number of anilines is 2. The number of halogens is 2. The van der Waals surface area contributed by atoms with E-state index in [1.54, 1.807) is 10.7 Å². The number of nitrogens with zero attached hydrogens (tertiary/aromatic N) is 4. The van der Waals surface area contributed by atoms with Gasteiger partial charge in [-0.25, -0.2) is 9.67 Å². The molecule has 0 amide bonds. The van der Waals surface area contributed by atoms with Crippen molar-refractivity contribution in [3.8, 4) is 0 Å². The summed E-state index contributed by atoms with van der Waals surface area (Å²) in [6, 6.07) is 1.62. The first-order valence-corrected chi connectivity index (χ1v) is 8.78. The Hall–Kier alpha value is -2.32. The Kier molecular flexibility index (Phi) is 5.06. The average Bonchev–Trinajstić information content (AvgIpc) is 2.98. The van der Waals surface area contributed by atoms with Gasteiger partial charge in [0, 0.05) is 19.3 Å². The van der Waals surface area contributed by atoms with Crippen LogP contribution in [-0.2, 0) is 5.54 Å².